The maximum absolute atomic E-state index is 5.74. The lowest BCUT2D eigenvalue weighted by atomic mass is 10.0. The summed E-state index contributed by atoms with van der Waals surface area (Å²) >= 11 is 0. The van der Waals surface area contributed by atoms with Gasteiger partial charge in [-0.05, 0) is 59.5 Å². The predicted octanol–water partition coefficient (Wildman–Crippen LogP) is 4.95. The largest absolute Gasteiger partial charge is 0.454 e. The molecule has 0 atom stereocenters. The lowest BCUT2D eigenvalue weighted by Gasteiger charge is -2.44. The molecule has 2 aliphatic rings. The number of fused-ring (bicyclic) bond motifs is 1. The number of benzene rings is 3. The Morgan fingerprint density at radius 2 is 1.20 bits per heavy atom. The van der Waals surface area contributed by atoms with Crippen molar-refractivity contribution in [2.24, 2.45) is 0 Å². The van der Waals surface area contributed by atoms with Crippen LogP contribution < -0.4 is 19.3 Å². The Kier molecular flexibility index (Phi) is 6.84. The van der Waals surface area contributed by atoms with Crippen molar-refractivity contribution in [3.8, 4) is 11.5 Å². The normalized spacial score (nSPS) is 16.5. The molecule has 2 heterocycles. The van der Waals surface area contributed by atoms with E-state index in [1.165, 1.54) is 28.1 Å². The average Bonchev–Trinajstić information content (AvgIpc) is 3.33. The topological polar surface area (TPSA) is 31.4 Å². The summed E-state index contributed by atoms with van der Waals surface area (Å²) in [5, 5.41) is 0. The van der Waals surface area contributed by atoms with Crippen molar-refractivity contribution in [2.45, 2.75) is 25.7 Å². The van der Waals surface area contributed by atoms with Crippen LogP contribution in [0, 0.1) is 0 Å². The van der Waals surface area contributed by atoms with Crippen molar-refractivity contribution >= 4 is 11.4 Å². The van der Waals surface area contributed by atoms with Crippen LogP contribution in [0.2, 0.25) is 0 Å². The molecule has 0 aromatic heterocycles. The van der Waals surface area contributed by atoms with Crippen LogP contribution in [0.15, 0.2) is 66.7 Å². The van der Waals surface area contributed by atoms with Crippen molar-refractivity contribution < 1.29 is 9.47 Å². The van der Waals surface area contributed by atoms with Crippen LogP contribution in [0.5, 0.6) is 11.5 Å². The van der Waals surface area contributed by atoms with Gasteiger partial charge in [-0.3, -0.25) is 9.80 Å². The van der Waals surface area contributed by atoms with Gasteiger partial charge in [-0.25, -0.2) is 0 Å². The van der Waals surface area contributed by atoms with Gasteiger partial charge < -0.3 is 19.3 Å². The number of rotatable bonds is 7. The zero-order chi connectivity index (χ0) is 24.4. The van der Waals surface area contributed by atoms with Gasteiger partial charge in [0.25, 0.3) is 0 Å². The van der Waals surface area contributed by atoms with Crippen molar-refractivity contribution in [3.05, 3.63) is 83.4 Å². The number of nitrogens with zero attached hydrogens (tertiary/aromatic N) is 4. The Bertz CT molecular complexity index is 1070. The minimum Gasteiger partial charge on any atom is -0.454 e. The summed E-state index contributed by atoms with van der Waals surface area (Å²) in [6.45, 7) is 4.23. The third-order valence-electron chi connectivity index (χ3n) is 6.95. The van der Waals surface area contributed by atoms with Crippen LogP contribution in [0.25, 0.3) is 0 Å². The SMILES string of the molecule is CN(C)c1ccc(CN2CCCN(Cc3ccc(N(C)C)cc3)C2c2ccc3c(c2)OCO3)cc1. The zero-order valence-electron chi connectivity index (χ0n) is 21.3. The second kappa shape index (κ2) is 10.2. The molecule has 1 fully saturated rings. The highest BCUT2D eigenvalue weighted by molar-refractivity contribution is 5.48. The number of anilines is 2. The van der Waals surface area contributed by atoms with E-state index in [0.717, 1.165) is 44.1 Å². The molecule has 3 aromatic carbocycles. The average molecular weight is 473 g/mol. The fourth-order valence-electron chi connectivity index (χ4n) is 5.05. The van der Waals surface area contributed by atoms with E-state index in [1.807, 2.05) is 0 Å². The van der Waals surface area contributed by atoms with Crippen molar-refractivity contribution in [2.75, 3.05) is 57.9 Å². The van der Waals surface area contributed by atoms with Crippen LogP contribution in [0.3, 0.4) is 0 Å². The molecule has 6 heteroatoms. The zero-order valence-corrected chi connectivity index (χ0v) is 21.3. The van der Waals surface area contributed by atoms with E-state index in [1.54, 1.807) is 0 Å². The van der Waals surface area contributed by atoms with E-state index < -0.39 is 0 Å². The molecule has 35 heavy (non-hydrogen) atoms. The van der Waals surface area contributed by atoms with Gasteiger partial charge in [0.05, 0.1) is 6.17 Å². The summed E-state index contributed by atoms with van der Waals surface area (Å²) in [5.41, 5.74) is 6.37. The summed E-state index contributed by atoms with van der Waals surface area (Å²) in [6, 6.07) is 24.3. The Hall–Kier alpha value is -3.22. The first-order valence-corrected chi connectivity index (χ1v) is 12.4. The minimum atomic E-state index is 0.167. The monoisotopic (exact) mass is 472 g/mol. The van der Waals surface area contributed by atoms with Gasteiger partial charge in [-0.1, -0.05) is 30.3 Å². The lowest BCUT2D eigenvalue weighted by Crippen LogP contribution is -2.46. The first kappa shape index (κ1) is 23.5. The first-order chi connectivity index (χ1) is 17.0. The molecule has 0 bridgehead atoms. The predicted molar refractivity (Wildman–Crippen MR) is 142 cm³/mol. The van der Waals surface area contributed by atoms with Gasteiger partial charge in [-0.15, -0.1) is 0 Å². The fraction of sp³-hybridized carbons (Fsp3) is 0.379. The molecule has 1 saturated heterocycles. The molecular weight excluding hydrogens is 436 g/mol. The van der Waals surface area contributed by atoms with Gasteiger partial charge in [0, 0.05) is 65.7 Å². The lowest BCUT2D eigenvalue weighted by molar-refractivity contribution is -0.00916. The van der Waals surface area contributed by atoms with E-state index in [4.69, 9.17) is 9.47 Å². The highest BCUT2D eigenvalue weighted by Crippen LogP contribution is 2.39. The van der Waals surface area contributed by atoms with Crippen LogP contribution in [0.1, 0.15) is 29.3 Å². The molecule has 5 rings (SSSR count). The van der Waals surface area contributed by atoms with Crippen molar-refractivity contribution in [1.29, 1.82) is 0 Å². The number of hydrogen-bond donors (Lipinski definition) is 0. The summed E-state index contributed by atoms with van der Waals surface area (Å²) < 4.78 is 11.3. The molecule has 184 valence electrons. The first-order valence-electron chi connectivity index (χ1n) is 12.4. The number of ether oxygens (including phenoxy) is 2. The summed E-state index contributed by atoms with van der Waals surface area (Å²) in [5.74, 6) is 1.68. The van der Waals surface area contributed by atoms with Gasteiger partial charge in [0.2, 0.25) is 6.79 Å². The molecule has 0 N–H and O–H groups in total. The van der Waals surface area contributed by atoms with Gasteiger partial charge in [0.15, 0.2) is 11.5 Å². The summed E-state index contributed by atoms with van der Waals surface area (Å²) in [6.07, 6.45) is 1.31. The molecule has 0 spiro atoms. The standard InChI is InChI=1S/C29H36N4O2/c1-30(2)25-11-6-22(7-12-25)19-32-16-5-17-33(20-23-8-13-26(14-9-23)31(3)4)29(32)24-10-15-27-28(18-24)35-21-34-27/h6-15,18,29H,5,16-17,19-21H2,1-4H3. The molecule has 0 unspecified atom stereocenters. The van der Waals surface area contributed by atoms with Crippen LogP contribution >= 0.6 is 0 Å². The van der Waals surface area contributed by atoms with E-state index in [0.29, 0.717) is 6.79 Å². The molecule has 0 aliphatic carbocycles. The Morgan fingerprint density at radius 3 is 1.71 bits per heavy atom. The Balaban J connectivity index is 1.43. The smallest absolute Gasteiger partial charge is 0.231 e. The minimum absolute atomic E-state index is 0.167. The second-order valence-electron chi connectivity index (χ2n) is 9.90. The van der Waals surface area contributed by atoms with E-state index in [-0.39, 0.29) is 6.17 Å². The van der Waals surface area contributed by atoms with Crippen LogP contribution in [0.4, 0.5) is 11.4 Å². The molecule has 0 radical (unpaired) electrons. The third kappa shape index (κ3) is 5.24. The molecular formula is C29H36N4O2. The van der Waals surface area contributed by atoms with Gasteiger partial charge >= 0.3 is 0 Å². The molecule has 3 aromatic rings. The quantitative estimate of drug-likeness (QED) is 0.484. The fourth-order valence-corrected chi connectivity index (χ4v) is 5.05. The van der Waals surface area contributed by atoms with Crippen molar-refractivity contribution in [1.82, 2.24) is 9.80 Å². The van der Waals surface area contributed by atoms with E-state index in [2.05, 4.69) is 115 Å². The molecule has 0 saturated carbocycles. The number of hydrogen-bond acceptors (Lipinski definition) is 6. The van der Waals surface area contributed by atoms with Gasteiger partial charge in [0.1, 0.15) is 0 Å². The van der Waals surface area contributed by atoms with Gasteiger partial charge in [-0.2, -0.15) is 0 Å². The van der Waals surface area contributed by atoms with E-state index in [9.17, 15) is 0 Å². The maximum atomic E-state index is 5.74. The highest BCUT2D eigenvalue weighted by atomic mass is 16.7. The Labute approximate surface area is 209 Å². The molecule has 6 nitrogen and oxygen atoms in total. The highest BCUT2D eigenvalue weighted by Gasteiger charge is 2.32. The van der Waals surface area contributed by atoms with E-state index >= 15 is 0 Å². The third-order valence-corrected chi connectivity index (χ3v) is 6.95. The molecule has 2 aliphatic heterocycles. The second-order valence-corrected chi connectivity index (χ2v) is 9.90. The summed E-state index contributed by atoms with van der Waals surface area (Å²) in [4.78, 5) is 9.48. The van der Waals surface area contributed by atoms with Crippen molar-refractivity contribution in [3.63, 3.8) is 0 Å². The van der Waals surface area contributed by atoms with Crippen LogP contribution in [-0.2, 0) is 13.1 Å². The van der Waals surface area contributed by atoms with Crippen LogP contribution in [-0.4, -0.2) is 57.9 Å². The maximum Gasteiger partial charge on any atom is 0.231 e. The molecule has 0 amide bonds. The Morgan fingerprint density at radius 1 is 0.686 bits per heavy atom. The summed E-state index contributed by atoms with van der Waals surface area (Å²) in [7, 11) is 8.33.